The molecular weight excluding hydrogens is 333 g/mol. The molecule has 0 unspecified atom stereocenters. The van der Waals surface area contributed by atoms with Gasteiger partial charge in [0.2, 0.25) is 0 Å². The van der Waals surface area contributed by atoms with Crippen LogP contribution < -0.4 is 4.72 Å². The van der Waals surface area contributed by atoms with Crippen molar-refractivity contribution >= 4 is 27.4 Å². The molecule has 0 spiro atoms. The van der Waals surface area contributed by atoms with Crippen molar-refractivity contribution in [2.24, 2.45) is 0 Å². The number of alkyl halides is 3. The molecule has 0 fully saturated rings. The molecule has 0 aliphatic carbocycles. The minimum atomic E-state index is -4.61. The second-order valence-corrected chi connectivity index (χ2v) is 6.13. The number of halogens is 4. The maximum atomic E-state index is 12.5. The summed E-state index contributed by atoms with van der Waals surface area (Å²) in [6.07, 6.45) is -4.61. The molecular formula is C11H8ClF3N2O3S. The Bertz CT molecular complexity index is 771. The molecule has 21 heavy (non-hydrogen) atoms. The van der Waals surface area contributed by atoms with Crippen molar-refractivity contribution in [3.8, 4) is 0 Å². The van der Waals surface area contributed by atoms with Gasteiger partial charge < -0.3 is 4.52 Å². The Kier molecular flexibility index (Phi) is 3.89. The average Bonchev–Trinajstić information content (AvgIpc) is 2.72. The van der Waals surface area contributed by atoms with E-state index in [1.165, 1.54) is 6.07 Å². The van der Waals surface area contributed by atoms with Crippen LogP contribution in [-0.4, -0.2) is 13.6 Å². The van der Waals surface area contributed by atoms with Crippen LogP contribution in [-0.2, 0) is 16.2 Å². The van der Waals surface area contributed by atoms with Gasteiger partial charge >= 0.3 is 6.18 Å². The Balaban J connectivity index is 2.37. The molecule has 0 aliphatic rings. The molecule has 0 saturated carbocycles. The first-order valence-electron chi connectivity index (χ1n) is 5.42. The maximum absolute atomic E-state index is 12.5. The van der Waals surface area contributed by atoms with Gasteiger partial charge in [-0.1, -0.05) is 16.8 Å². The quantitative estimate of drug-likeness (QED) is 0.928. The van der Waals surface area contributed by atoms with Gasteiger partial charge in [0.25, 0.3) is 10.0 Å². The van der Waals surface area contributed by atoms with Crippen LogP contribution in [0.25, 0.3) is 0 Å². The van der Waals surface area contributed by atoms with Crippen LogP contribution in [0, 0.1) is 6.92 Å². The predicted octanol–water partition coefficient (Wildman–Crippen LogP) is 3.46. The Morgan fingerprint density at radius 2 is 1.95 bits per heavy atom. The Hall–Kier alpha value is -1.74. The topological polar surface area (TPSA) is 72.2 Å². The van der Waals surface area contributed by atoms with Gasteiger partial charge in [-0.2, -0.15) is 13.2 Å². The van der Waals surface area contributed by atoms with Crippen molar-refractivity contribution in [1.82, 2.24) is 5.16 Å². The van der Waals surface area contributed by atoms with Crippen LogP contribution in [0.4, 0.5) is 19.0 Å². The Labute approximate surface area is 122 Å². The summed E-state index contributed by atoms with van der Waals surface area (Å²) in [5, 5.41) is 2.88. The number of benzene rings is 1. The highest BCUT2D eigenvalue weighted by Gasteiger charge is 2.32. The molecule has 2 rings (SSSR count). The summed E-state index contributed by atoms with van der Waals surface area (Å²) in [6, 6.07) is 3.27. The van der Waals surface area contributed by atoms with E-state index in [-0.39, 0.29) is 5.82 Å². The number of hydrogen-bond donors (Lipinski definition) is 1. The van der Waals surface area contributed by atoms with Gasteiger partial charge in [-0.25, -0.2) is 8.42 Å². The molecule has 1 aromatic carbocycles. The highest BCUT2D eigenvalue weighted by Crippen LogP contribution is 2.33. The summed E-state index contributed by atoms with van der Waals surface area (Å²) in [5.74, 6) is 0.273. The predicted molar refractivity (Wildman–Crippen MR) is 68.5 cm³/mol. The first kappa shape index (κ1) is 15.6. The van der Waals surface area contributed by atoms with Gasteiger partial charge in [0.05, 0.1) is 10.6 Å². The molecule has 10 heteroatoms. The number of sulfonamides is 1. The number of aromatic nitrogens is 1. The number of nitrogens with zero attached hydrogens (tertiary/aromatic N) is 1. The fourth-order valence-electron chi connectivity index (χ4n) is 1.50. The average molecular weight is 341 g/mol. The van der Waals surface area contributed by atoms with E-state index in [1.54, 1.807) is 6.92 Å². The summed E-state index contributed by atoms with van der Waals surface area (Å²) in [6.45, 7) is 1.55. The number of anilines is 1. The third kappa shape index (κ3) is 3.48. The van der Waals surface area contributed by atoms with Gasteiger partial charge in [0.1, 0.15) is 10.7 Å². The summed E-state index contributed by atoms with van der Waals surface area (Å²) in [5.41, 5.74) is -1.04. The normalized spacial score (nSPS) is 12.4. The van der Waals surface area contributed by atoms with Crippen molar-refractivity contribution in [1.29, 1.82) is 0 Å². The van der Waals surface area contributed by atoms with Crippen LogP contribution >= 0.6 is 11.6 Å². The van der Waals surface area contributed by atoms with Crippen molar-refractivity contribution in [3.05, 3.63) is 40.6 Å². The zero-order valence-electron chi connectivity index (χ0n) is 10.4. The molecule has 5 nitrogen and oxygen atoms in total. The van der Waals surface area contributed by atoms with Crippen molar-refractivity contribution in [2.45, 2.75) is 18.0 Å². The van der Waals surface area contributed by atoms with Crippen LogP contribution in [0.5, 0.6) is 0 Å². The highest BCUT2D eigenvalue weighted by molar-refractivity contribution is 7.92. The lowest BCUT2D eigenvalue weighted by Gasteiger charge is -2.10. The lowest BCUT2D eigenvalue weighted by molar-refractivity contribution is -0.137. The SMILES string of the molecule is Cc1cc(NS(=O)(=O)c2ccc(C(F)(F)F)cc2Cl)no1. The largest absolute Gasteiger partial charge is 0.416 e. The van der Waals surface area contributed by atoms with E-state index >= 15 is 0 Å². The molecule has 1 N–H and O–H groups in total. The Morgan fingerprint density at radius 1 is 1.29 bits per heavy atom. The Morgan fingerprint density at radius 3 is 2.43 bits per heavy atom. The summed E-state index contributed by atoms with van der Waals surface area (Å²) in [4.78, 5) is -0.488. The number of hydrogen-bond acceptors (Lipinski definition) is 4. The van der Waals surface area contributed by atoms with E-state index in [2.05, 4.69) is 14.4 Å². The molecule has 0 atom stereocenters. The first-order valence-corrected chi connectivity index (χ1v) is 7.28. The summed E-state index contributed by atoms with van der Waals surface area (Å²) in [7, 11) is -4.16. The molecule has 1 heterocycles. The van der Waals surface area contributed by atoms with Crippen molar-refractivity contribution in [3.63, 3.8) is 0 Å². The van der Waals surface area contributed by atoms with Crippen LogP contribution in [0.1, 0.15) is 11.3 Å². The lowest BCUT2D eigenvalue weighted by Crippen LogP contribution is -2.14. The zero-order valence-corrected chi connectivity index (χ0v) is 12.0. The smallest absolute Gasteiger partial charge is 0.360 e. The summed E-state index contributed by atoms with van der Waals surface area (Å²) >= 11 is 5.63. The minimum Gasteiger partial charge on any atom is -0.360 e. The standard InChI is InChI=1S/C11H8ClF3N2O3S/c1-6-4-10(16-20-6)17-21(18,19)9-3-2-7(5-8(9)12)11(13,14)15/h2-5H,1H3,(H,16,17). The molecule has 0 amide bonds. The molecule has 0 bridgehead atoms. The third-order valence-electron chi connectivity index (χ3n) is 2.42. The van der Waals surface area contributed by atoms with E-state index in [0.717, 1.165) is 6.07 Å². The molecule has 0 radical (unpaired) electrons. The third-order valence-corrected chi connectivity index (χ3v) is 4.25. The van der Waals surface area contributed by atoms with E-state index in [4.69, 9.17) is 11.6 Å². The summed E-state index contributed by atoms with van der Waals surface area (Å²) < 4.78 is 68.3. The number of nitrogens with one attached hydrogen (secondary N) is 1. The second kappa shape index (κ2) is 5.23. The van der Waals surface area contributed by atoms with Crippen LogP contribution in [0.2, 0.25) is 5.02 Å². The monoisotopic (exact) mass is 340 g/mol. The fraction of sp³-hybridized carbons (Fsp3) is 0.182. The lowest BCUT2D eigenvalue weighted by atomic mass is 10.2. The number of rotatable bonds is 3. The van der Waals surface area contributed by atoms with Gasteiger partial charge in [0, 0.05) is 6.07 Å². The van der Waals surface area contributed by atoms with E-state index in [0.29, 0.717) is 17.9 Å². The van der Waals surface area contributed by atoms with Gasteiger partial charge in [-0.05, 0) is 25.1 Å². The van der Waals surface area contributed by atoms with Crippen LogP contribution in [0.3, 0.4) is 0 Å². The maximum Gasteiger partial charge on any atom is 0.416 e. The van der Waals surface area contributed by atoms with Crippen molar-refractivity contribution in [2.75, 3.05) is 4.72 Å². The molecule has 0 aliphatic heterocycles. The zero-order chi connectivity index (χ0) is 15.8. The molecule has 2 aromatic rings. The van der Waals surface area contributed by atoms with E-state index in [9.17, 15) is 21.6 Å². The van der Waals surface area contributed by atoms with E-state index < -0.39 is 31.7 Å². The highest BCUT2D eigenvalue weighted by atomic mass is 35.5. The second-order valence-electron chi connectivity index (χ2n) is 4.07. The molecule has 0 saturated heterocycles. The first-order chi connectivity index (χ1) is 9.59. The fourth-order valence-corrected chi connectivity index (χ4v) is 3.03. The molecule has 1 aromatic heterocycles. The van der Waals surface area contributed by atoms with Crippen LogP contribution in [0.15, 0.2) is 33.7 Å². The number of aryl methyl sites for hydroxylation is 1. The van der Waals surface area contributed by atoms with Gasteiger partial charge in [0.15, 0.2) is 5.82 Å². The van der Waals surface area contributed by atoms with Gasteiger partial charge in [-0.3, -0.25) is 4.72 Å². The minimum absolute atomic E-state index is 0.0940. The van der Waals surface area contributed by atoms with Crippen molar-refractivity contribution < 1.29 is 26.1 Å². The van der Waals surface area contributed by atoms with E-state index in [1.807, 2.05) is 0 Å². The molecule has 114 valence electrons. The van der Waals surface area contributed by atoms with Gasteiger partial charge in [-0.15, -0.1) is 0 Å².